The highest BCUT2D eigenvalue weighted by Gasteiger charge is 2.39. The van der Waals surface area contributed by atoms with E-state index in [0.29, 0.717) is 18.1 Å². The van der Waals surface area contributed by atoms with Crippen LogP contribution in [0.3, 0.4) is 0 Å². The molecule has 2 N–H and O–H groups in total. The van der Waals surface area contributed by atoms with Crippen LogP contribution in [0, 0.1) is 0 Å². The third kappa shape index (κ3) is 2.25. The number of nitrogens with zero attached hydrogens (tertiary/aromatic N) is 1. The molecule has 0 aliphatic carbocycles. The molecule has 2 heterocycles. The van der Waals surface area contributed by atoms with Gasteiger partial charge in [0.05, 0.1) is 7.11 Å². The average Bonchev–Trinajstić information content (AvgIpc) is 2.62. The van der Waals surface area contributed by atoms with E-state index in [2.05, 4.69) is 17.0 Å². The van der Waals surface area contributed by atoms with Crippen LogP contribution in [0.25, 0.3) is 0 Å². The Balaban J connectivity index is 1.69. The van der Waals surface area contributed by atoms with E-state index in [4.69, 9.17) is 10.5 Å². The van der Waals surface area contributed by atoms with Crippen LogP contribution in [0.15, 0.2) is 24.3 Å². The summed E-state index contributed by atoms with van der Waals surface area (Å²) in [5, 5.41) is 0. The molecule has 1 aromatic rings. The zero-order chi connectivity index (χ0) is 12.5. The second kappa shape index (κ2) is 4.90. The minimum Gasteiger partial charge on any atom is -0.497 e. The Hall–Kier alpha value is -1.06. The van der Waals surface area contributed by atoms with Crippen LogP contribution < -0.4 is 10.5 Å². The molecule has 0 aromatic heterocycles. The quantitative estimate of drug-likeness (QED) is 0.888. The first-order chi connectivity index (χ1) is 8.76. The van der Waals surface area contributed by atoms with Crippen LogP contribution in [-0.4, -0.2) is 30.1 Å². The van der Waals surface area contributed by atoms with Crippen LogP contribution >= 0.6 is 0 Å². The lowest BCUT2D eigenvalue weighted by atomic mass is 9.97. The summed E-state index contributed by atoms with van der Waals surface area (Å²) in [6.07, 6.45) is 5.00. The molecule has 2 aliphatic heterocycles. The first kappa shape index (κ1) is 12.0. The fraction of sp³-hybridized carbons (Fsp3) is 0.600. The van der Waals surface area contributed by atoms with E-state index in [1.54, 1.807) is 7.11 Å². The molecular weight excluding hydrogens is 224 g/mol. The van der Waals surface area contributed by atoms with Gasteiger partial charge in [-0.05, 0) is 43.4 Å². The number of nitrogens with two attached hydrogens (primary N) is 1. The number of methoxy groups -OCH3 is 1. The zero-order valence-corrected chi connectivity index (χ0v) is 11.0. The third-order valence-corrected chi connectivity index (χ3v) is 4.45. The van der Waals surface area contributed by atoms with Crippen molar-refractivity contribution in [1.82, 2.24) is 4.90 Å². The minimum absolute atomic E-state index is 0.426. The van der Waals surface area contributed by atoms with Gasteiger partial charge < -0.3 is 10.5 Å². The van der Waals surface area contributed by atoms with Gasteiger partial charge in [0, 0.05) is 24.7 Å². The molecule has 2 aliphatic rings. The van der Waals surface area contributed by atoms with Crippen LogP contribution in [0.1, 0.15) is 31.2 Å². The summed E-state index contributed by atoms with van der Waals surface area (Å²) < 4.78 is 5.20. The maximum absolute atomic E-state index is 6.11. The lowest BCUT2D eigenvalue weighted by molar-refractivity contribution is 0.120. The summed E-state index contributed by atoms with van der Waals surface area (Å²) >= 11 is 0. The van der Waals surface area contributed by atoms with Gasteiger partial charge in [-0.3, -0.25) is 4.90 Å². The van der Waals surface area contributed by atoms with Crippen LogP contribution in [0.2, 0.25) is 0 Å². The summed E-state index contributed by atoms with van der Waals surface area (Å²) in [6, 6.07) is 10.3. The predicted octanol–water partition coefficient (Wildman–Crippen LogP) is 2.15. The SMILES string of the molecule is COc1ccc(CN2C3CCC2CC(N)C3)cc1. The van der Waals surface area contributed by atoms with E-state index < -0.39 is 0 Å². The van der Waals surface area contributed by atoms with Crippen molar-refractivity contribution in [3.05, 3.63) is 29.8 Å². The molecule has 3 heteroatoms. The Morgan fingerprint density at radius 2 is 1.78 bits per heavy atom. The molecule has 3 rings (SSSR count). The molecule has 2 atom stereocenters. The second-order valence-corrected chi connectivity index (χ2v) is 5.64. The molecule has 18 heavy (non-hydrogen) atoms. The third-order valence-electron chi connectivity index (χ3n) is 4.45. The summed E-state index contributed by atoms with van der Waals surface area (Å²) in [5.41, 5.74) is 7.48. The van der Waals surface area contributed by atoms with Crippen LogP contribution in [0.5, 0.6) is 5.75 Å². The molecule has 2 bridgehead atoms. The largest absolute Gasteiger partial charge is 0.497 e. The molecule has 2 fully saturated rings. The first-order valence-corrected chi connectivity index (χ1v) is 6.90. The summed E-state index contributed by atoms with van der Waals surface area (Å²) in [6.45, 7) is 1.06. The van der Waals surface area contributed by atoms with E-state index in [1.165, 1.54) is 31.2 Å². The summed E-state index contributed by atoms with van der Waals surface area (Å²) in [4.78, 5) is 2.66. The summed E-state index contributed by atoms with van der Waals surface area (Å²) in [5.74, 6) is 0.933. The van der Waals surface area contributed by atoms with Gasteiger partial charge in [0.25, 0.3) is 0 Å². The van der Waals surface area contributed by atoms with Gasteiger partial charge in [0.15, 0.2) is 0 Å². The van der Waals surface area contributed by atoms with Crippen molar-refractivity contribution in [1.29, 1.82) is 0 Å². The fourth-order valence-corrected chi connectivity index (χ4v) is 3.52. The van der Waals surface area contributed by atoms with E-state index in [0.717, 1.165) is 12.3 Å². The normalized spacial score (nSPS) is 31.6. The predicted molar refractivity (Wildman–Crippen MR) is 72.6 cm³/mol. The zero-order valence-electron chi connectivity index (χ0n) is 11.0. The van der Waals surface area contributed by atoms with E-state index in [-0.39, 0.29) is 0 Å². The van der Waals surface area contributed by atoms with Crippen molar-refractivity contribution in [3.63, 3.8) is 0 Å². The van der Waals surface area contributed by atoms with Crippen LogP contribution in [-0.2, 0) is 6.54 Å². The second-order valence-electron chi connectivity index (χ2n) is 5.64. The molecular formula is C15H22N2O. The standard InChI is InChI=1S/C15H22N2O/c1-18-15-6-2-11(3-7-15)10-17-13-4-5-14(17)9-12(16)8-13/h2-3,6-7,12-14H,4-5,8-10,16H2,1H3. The molecule has 98 valence electrons. The Labute approximate surface area is 109 Å². The molecule has 0 saturated carbocycles. The molecule has 0 amide bonds. The number of rotatable bonds is 3. The highest BCUT2D eigenvalue weighted by molar-refractivity contribution is 5.27. The average molecular weight is 246 g/mol. The summed E-state index contributed by atoms with van der Waals surface area (Å²) in [7, 11) is 1.71. The van der Waals surface area contributed by atoms with Crippen molar-refractivity contribution < 1.29 is 4.74 Å². The Bertz CT molecular complexity index is 389. The minimum atomic E-state index is 0.426. The molecule has 3 nitrogen and oxygen atoms in total. The Morgan fingerprint density at radius 3 is 2.33 bits per heavy atom. The van der Waals surface area contributed by atoms with Gasteiger partial charge in [-0.1, -0.05) is 12.1 Å². The maximum atomic E-state index is 6.11. The number of hydrogen-bond acceptors (Lipinski definition) is 3. The van der Waals surface area contributed by atoms with Gasteiger partial charge in [-0.25, -0.2) is 0 Å². The number of fused-ring (bicyclic) bond motifs is 2. The molecule has 2 saturated heterocycles. The number of ether oxygens (including phenoxy) is 1. The van der Waals surface area contributed by atoms with Crippen molar-refractivity contribution in [2.24, 2.45) is 5.73 Å². The van der Waals surface area contributed by atoms with Crippen molar-refractivity contribution in [3.8, 4) is 5.75 Å². The van der Waals surface area contributed by atoms with E-state index in [1.807, 2.05) is 12.1 Å². The highest BCUT2D eigenvalue weighted by Crippen LogP contribution is 2.36. The molecule has 2 unspecified atom stereocenters. The van der Waals surface area contributed by atoms with E-state index >= 15 is 0 Å². The molecule has 0 radical (unpaired) electrons. The van der Waals surface area contributed by atoms with E-state index in [9.17, 15) is 0 Å². The number of hydrogen-bond donors (Lipinski definition) is 1. The van der Waals surface area contributed by atoms with Crippen molar-refractivity contribution >= 4 is 0 Å². The smallest absolute Gasteiger partial charge is 0.118 e. The number of piperidine rings is 1. The van der Waals surface area contributed by atoms with Crippen LogP contribution in [0.4, 0.5) is 0 Å². The highest BCUT2D eigenvalue weighted by atomic mass is 16.5. The first-order valence-electron chi connectivity index (χ1n) is 6.90. The van der Waals surface area contributed by atoms with Gasteiger partial charge in [0.1, 0.15) is 5.75 Å². The fourth-order valence-electron chi connectivity index (χ4n) is 3.52. The van der Waals surface area contributed by atoms with Gasteiger partial charge in [0.2, 0.25) is 0 Å². The Morgan fingerprint density at radius 1 is 1.17 bits per heavy atom. The maximum Gasteiger partial charge on any atom is 0.118 e. The molecule has 0 spiro atoms. The van der Waals surface area contributed by atoms with Gasteiger partial charge in [-0.2, -0.15) is 0 Å². The van der Waals surface area contributed by atoms with Gasteiger partial charge in [-0.15, -0.1) is 0 Å². The van der Waals surface area contributed by atoms with Crippen molar-refractivity contribution in [2.75, 3.05) is 7.11 Å². The Kier molecular flexibility index (Phi) is 3.27. The monoisotopic (exact) mass is 246 g/mol. The van der Waals surface area contributed by atoms with Gasteiger partial charge >= 0.3 is 0 Å². The topological polar surface area (TPSA) is 38.5 Å². The lowest BCUT2D eigenvalue weighted by Gasteiger charge is -2.37. The van der Waals surface area contributed by atoms with Crippen molar-refractivity contribution in [2.45, 2.75) is 50.4 Å². The number of benzene rings is 1. The lowest BCUT2D eigenvalue weighted by Crippen LogP contribution is -2.46. The molecule has 1 aromatic carbocycles.